The molecule has 0 saturated heterocycles. The van der Waals surface area contributed by atoms with Crippen LogP contribution in [0.4, 0.5) is 11.4 Å². The van der Waals surface area contributed by atoms with Gasteiger partial charge in [-0.15, -0.1) is 6.42 Å². The Balaban J connectivity index is 2.19. The summed E-state index contributed by atoms with van der Waals surface area (Å²) in [5.41, 5.74) is 3.03. The Bertz CT molecular complexity index is 669. The van der Waals surface area contributed by atoms with Crippen molar-refractivity contribution in [3.63, 3.8) is 0 Å². The fourth-order valence-corrected chi connectivity index (χ4v) is 1.82. The second-order valence-corrected chi connectivity index (χ2v) is 4.62. The van der Waals surface area contributed by atoms with E-state index in [1.54, 1.807) is 12.1 Å². The fourth-order valence-electron chi connectivity index (χ4n) is 1.82. The highest BCUT2D eigenvalue weighted by Crippen LogP contribution is 2.16. The lowest BCUT2D eigenvalue weighted by Crippen LogP contribution is -2.14. The minimum absolute atomic E-state index is 0.150. The Labute approximate surface area is 119 Å². The van der Waals surface area contributed by atoms with Crippen LogP contribution in [-0.2, 0) is 0 Å². The Morgan fingerprint density at radius 1 is 1.15 bits per heavy atom. The zero-order chi connectivity index (χ0) is 14.5. The van der Waals surface area contributed by atoms with Crippen molar-refractivity contribution in [2.24, 2.45) is 0 Å². The molecule has 0 atom stereocenters. The van der Waals surface area contributed by atoms with Gasteiger partial charge >= 0.3 is 0 Å². The zero-order valence-corrected chi connectivity index (χ0v) is 11.6. The van der Waals surface area contributed by atoms with E-state index in [1.807, 2.05) is 55.4 Å². The molecule has 0 fully saturated rings. The SMILES string of the molecule is C#Cc1cccc(NC(=O)c2cccc(N(C)C)c2)c1. The van der Waals surface area contributed by atoms with Crippen molar-refractivity contribution in [1.82, 2.24) is 0 Å². The summed E-state index contributed by atoms with van der Waals surface area (Å²) >= 11 is 0. The van der Waals surface area contributed by atoms with E-state index in [9.17, 15) is 4.79 Å². The van der Waals surface area contributed by atoms with Gasteiger partial charge in [-0.2, -0.15) is 0 Å². The molecule has 2 aromatic carbocycles. The van der Waals surface area contributed by atoms with Gasteiger partial charge in [-0.1, -0.05) is 18.1 Å². The summed E-state index contributed by atoms with van der Waals surface area (Å²) < 4.78 is 0. The molecule has 0 aliphatic carbocycles. The molecule has 1 amide bonds. The maximum Gasteiger partial charge on any atom is 0.255 e. The normalized spacial score (nSPS) is 9.65. The smallest absolute Gasteiger partial charge is 0.255 e. The van der Waals surface area contributed by atoms with Crippen molar-refractivity contribution in [2.75, 3.05) is 24.3 Å². The third-order valence-electron chi connectivity index (χ3n) is 2.91. The van der Waals surface area contributed by atoms with Crippen LogP contribution in [0.5, 0.6) is 0 Å². The van der Waals surface area contributed by atoms with Gasteiger partial charge in [-0.05, 0) is 36.4 Å². The van der Waals surface area contributed by atoms with Crippen LogP contribution >= 0.6 is 0 Å². The summed E-state index contributed by atoms with van der Waals surface area (Å²) in [6.07, 6.45) is 5.35. The van der Waals surface area contributed by atoms with Crippen LogP contribution in [0.25, 0.3) is 0 Å². The molecule has 0 spiro atoms. The van der Waals surface area contributed by atoms with Crippen molar-refractivity contribution in [3.05, 3.63) is 59.7 Å². The number of anilines is 2. The number of terminal acetylenes is 1. The molecular formula is C17H16N2O. The van der Waals surface area contributed by atoms with Gasteiger partial charge in [0.2, 0.25) is 0 Å². The number of benzene rings is 2. The monoisotopic (exact) mass is 264 g/mol. The van der Waals surface area contributed by atoms with E-state index in [4.69, 9.17) is 6.42 Å². The molecule has 0 aliphatic rings. The lowest BCUT2D eigenvalue weighted by molar-refractivity contribution is 0.102. The minimum atomic E-state index is -0.150. The Morgan fingerprint density at radius 3 is 2.60 bits per heavy atom. The van der Waals surface area contributed by atoms with Crippen LogP contribution in [0, 0.1) is 12.3 Å². The topological polar surface area (TPSA) is 32.3 Å². The van der Waals surface area contributed by atoms with E-state index >= 15 is 0 Å². The quantitative estimate of drug-likeness (QED) is 0.864. The van der Waals surface area contributed by atoms with E-state index in [2.05, 4.69) is 11.2 Å². The first-order valence-electron chi connectivity index (χ1n) is 6.25. The number of carbonyl (C=O) groups is 1. The largest absolute Gasteiger partial charge is 0.378 e. The highest BCUT2D eigenvalue weighted by molar-refractivity contribution is 6.04. The molecular weight excluding hydrogens is 248 g/mol. The summed E-state index contributed by atoms with van der Waals surface area (Å²) in [7, 11) is 3.88. The van der Waals surface area contributed by atoms with Crippen LogP contribution < -0.4 is 10.2 Å². The van der Waals surface area contributed by atoms with Crippen molar-refractivity contribution in [1.29, 1.82) is 0 Å². The lowest BCUT2D eigenvalue weighted by Gasteiger charge is -2.13. The predicted octanol–water partition coefficient (Wildman–Crippen LogP) is 2.99. The highest BCUT2D eigenvalue weighted by atomic mass is 16.1. The van der Waals surface area contributed by atoms with Crippen LogP contribution in [0.3, 0.4) is 0 Å². The number of amides is 1. The summed E-state index contributed by atoms with van der Waals surface area (Å²) in [6.45, 7) is 0. The number of carbonyl (C=O) groups excluding carboxylic acids is 1. The van der Waals surface area contributed by atoms with Gasteiger partial charge in [0.05, 0.1) is 0 Å². The number of nitrogens with zero attached hydrogens (tertiary/aromatic N) is 1. The Hall–Kier alpha value is -2.73. The number of hydrogen-bond acceptors (Lipinski definition) is 2. The molecule has 3 nitrogen and oxygen atoms in total. The summed E-state index contributed by atoms with van der Waals surface area (Å²) in [5.74, 6) is 2.40. The van der Waals surface area contributed by atoms with Crippen LogP contribution in [0.1, 0.15) is 15.9 Å². The molecule has 0 unspecified atom stereocenters. The molecule has 1 N–H and O–H groups in total. The first kappa shape index (κ1) is 13.7. The number of rotatable bonds is 3. The highest BCUT2D eigenvalue weighted by Gasteiger charge is 2.07. The number of nitrogens with one attached hydrogen (secondary N) is 1. The van der Waals surface area contributed by atoms with Gasteiger partial charge in [0.15, 0.2) is 0 Å². The molecule has 0 aliphatic heterocycles. The Kier molecular flexibility index (Phi) is 4.07. The van der Waals surface area contributed by atoms with Crippen LogP contribution in [0.2, 0.25) is 0 Å². The second kappa shape index (κ2) is 5.94. The lowest BCUT2D eigenvalue weighted by atomic mass is 10.1. The van der Waals surface area contributed by atoms with Crippen molar-refractivity contribution in [3.8, 4) is 12.3 Å². The molecule has 0 bridgehead atoms. The Morgan fingerprint density at radius 2 is 1.90 bits per heavy atom. The molecule has 20 heavy (non-hydrogen) atoms. The molecule has 0 radical (unpaired) electrons. The molecule has 0 heterocycles. The van der Waals surface area contributed by atoms with Gasteiger partial charge < -0.3 is 10.2 Å². The van der Waals surface area contributed by atoms with E-state index in [0.29, 0.717) is 11.3 Å². The van der Waals surface area contributed by atoms with E-state index in [0.717, 1.165) is 11.3 Å². The minimum Gasteiger partial charge on any atom is -0.378 e. The molecule has 2 aromatic rings. The summed E-state index contributed by atoms with van der Waals surface area (Å²) in [6, 6.07) is 14.7. The van der Waals surface area contributed by atoms with Crippen molar-refractivity contribution in [2.45, 2.75) is 0 Å². The van der Waals surface area contributed by atoms with Crippen LogP contribution in [-0.4, -0.2) is 20.0 Å². The van der Waals surface area contributed by atoms with Crippen LogP contribution in [0.15, 0.2) is 48.5 Å². The van der Waals surface area contributed by atoms with Gasteiger partial charge in [0, 0.05) is 36.6 Å². The number of hydrogen-bond donors (Lipinski definition) is 1. The fraction of sp³-hybridized carbons (Fsp3) is 0.118. The average Bonchev–Trinajstić information content (AvgIpc) is 2.47. The maximum atomic E-state index is 12.2. The first-order chi connectivity index (χ1) is 9.60. The van der Waals surface area contributed by atoms with Crippen molar-refractivity contribution >= 4 is 17.3 Å². The van der Waals surface area contributed by atoms with E-state index in [1.165, 1.54) is 0 Å². The third-order valence-corrected chi connectivity index (χ3v) is 2.91. The standard InChI is InChI=1S/C17H16N2O/c1-4-13-7-5-9-15(11-13)18-17(20)14-8-6-10-16(12-14)19(2)3/h1,5-12H,2-3H3,(H,18,20). The molecule has 100 valence electrons. The molecule has 2 rings (SSSR count). The third kappa shape index (κ3) is 3.18. The predicted molar refractivity (Wildman–Crippen MR) is 83.1 cm³/mol. The van der Waals surface area contributed by atoms with Crippen molar-refractivity contribution < 1.29 is 4.79 Å². The van der Waals surface area contributed by atoms with Gasteiger partial charge in [-0.25, -0.2) is 0 Å². The maximum absolute atomic E-state index is 12.2. The van der Waals surface area contributed by atoms with Gasteiger partial charge in [-0.3, -0.25) is 4.79 Å². The van der Waals surface area contributed by atoms with Gasteiger partial charge in [0.1, 0.15) is 0 Å². The van der Waals surface area contributed by atoms with Gasteiger partial charge in [0.25, 0.3) is 5.91 Å². The molecule has 0 saturated carbocycles. The summed E-state index contributed by atoms with van der Waals surface area (Å²) in [5, 5.41) is 2.85. The van der Waals surface area contributed by atoms with E-state index in [-0.39, 0.29) is 5.91 Å². The summed E-state index contributed by atoms with van der Waals surface area (Å²) in [4.78, 5) is 14.2. The molecule has 3 heteroatoms. The second-order valence-electron chi connectivity index (χ2n) is 4.62. The zero-order valence-electron chi connectivity index (χ0n) is 11.6. The molecule has 0 aromatic heterocycles. The average molecular weight is 264 g/mol. The first-order valence-corrected chi connectivity index (χ1v) is 6.25. The van der Waals surface area contributed by atoms with E-state index < -0.39 is 0 Å².